The van der Waals surface area contributed by atoms with Crippen LogP contribution in [-0.4, -0.2) is 5.24 Å². The summed E-state index contributed by atoms with van der Waals surface area (Å²) in [5.74, 6) is 1.13. The standard InChI is InChI=1S/C15H13ClO2/c1-11(15(16)17)12-6-5-9-14(10-12)18-13-7-3-2-4-8-13/h2-11H,1H3/t11-/m1/s1. The highest BCUT2D eigenvalue weighted by Crippen LogP contribution is 2.26. The van der Waals surface area contributed by atoms with Gasteiger partial charge in [-0.1, -0.05) is 37.3 Å². The summed E-state index contributed by atoms with van der Waals surface area (Å²) in [4.78, 5) is 11.1. The smallest absolute Gasteiger partial charge is 0.228 e. The second kappa shape index (κ2) is 5.69. The van der Waals surface area contributed by atoms with Gasteiger partial charge in [-0.15, -0.1) is 0 Å². The van der Waals surface area contributed by atoms with Crippen LogP contribution < -0.4 is 4.74 Å². The molecule has 92 valence electrons. The number of carbonyl (C=O) groups is 1. The fourth-order valence-corrected chi connectivity index (χ4v) is 1.73. The Bertz CT molecular complexity index is 537. The Morgan fingerprint density at radius 3 is 2.39 bits per heavy atom. The number of rotatable bonds is 4. The van der Waals surface area contributed by atoms with Crippen LogP contribution in [0, 0.1) is 0 Å². The maximum atomic E-state index is 11.1. The van der Waals surface area contributed by atoms with Crippen LogP contribution in [0.1, 0.15) is 18.4 Å². The zero-order valence-corrected chi connectivity index (χ0v) is 10.7. The normalized spacial score (nSPS) is 11.9. The Kier molecular flexibility index (Phi) is 4.00. The minimum absolute atomic E-state index is 0.328. The summed E-state index contributed by atoms with van der Waals surface area (Å²) in [7, 11) is 0. The van der Waals surface area contributed by atoms with Crippen molar-refractivity contribution in [1.82, 2.24) is 0 Å². The first-order valence-electron chi connectivity index (χ1n) is 5.69. The van der Waals surface area contributed by atoms with E-state index < -0.39 is 0 Å². The van der Waals surface area contributed by atoms with E-state index in [0.717, 1.165) is 11.3 Å². The summed E-state index contributed by atoms with van der Waals surface area (Å²) in [6.45, 7) is 1.77. The molecule has 0 saturated carbocycles. The van der Waals surface area contributed by atoms with Crippen LogP contribution in [0.2, 0.25) is 0 Å². The lowest BCUT2D eigenvalue weighted by atomic mass is 10.0. The average Bonchev–Trinajstić information content (AvgIpc) is 2.39. The Labute approximate surface area is 111 Å². The molecule has 0 aliphatic rings. The highest BCUT2D eigenvalue weighted by molar-refractivity contribution is 6.64. The zero-order valence-electron chi connectivity index (χ0n) is 9.97. The van der Waals surface area contributed by atoms with Crippen molar-refractivity contribution in [2.75, 3.05) is 0 Å². The third-order valence-corrected chi connectivity index (χ3v) is 3.00. The van der Waals surface area contributed by atoms with E-state index in [-0.39, 0.29) is 11.2 Å². The molecule has 0 radical (unpaired) electrons. The molecule has 0 amide bonds. The maximum absolute atomic E-state index is 11.1. The molecule has 3 heteroatoms. The van der Waals surface area contributed by atoms with Crippen LogP contribution in [0.15, 0.2) is 54.6 Å². The van der Waals surface area contributed by atoms with Crippen LogP contribution in [0.5, 0.6) is 11.5 Å². The molecule has 0 N–H and O–H groups in total. The van der Waals surface area contributed by atoms with Crippen molar-refractivity contribution >= 4 is 16.8 Å². The summed E-state index contributed by atoms with van der Waals surface area (Å²) in [5, 5.41) is -0.369. The van der Waals surface area contributed by atoms with E-state index in [1.54, 1.807) is 6.92 Å². The van der Waals surface area contributed by atoms with E-state index >= 15 is 0 Å². The monoisotopic (exact) mass is 260 g/mol. The highest BCUT2D eigenvalue weighted by Gasteiger charge is 2.13. The number of para-hydroxylation sites is 1. The van der Waals surface area contributed by atoms with Crippen LogP contribution in [0.25, 0.3) is 0 Å². The summed E-state index contributed by atoms with van der Waals surface area (Å²) >= 11 is 5.50. The number of ether oxygens (including phenoxy) is 1. The molecule has 0 aliphatic heterocycles. The molecule has 2 rings (SSSR count). The molecule has 2 aromatic rings. The molecule has 0 unspecified atom stereocenters. The van der Waals surface area contributed by atoms with Crippen molar-refractivity contribution in [3.8, 4) is 11.5 Å². The molecule has 1 atom stereocenters. The Morgan fingerprint density at radius 2 is 1.72 bits per heavy atom. The second-order valence-corrected chi connectivity index (χ2v) is 4.39. The van der Waals surface area contributed by atoms with Crippen LogP contribution in [-0.2, 0) is 4.79 Å². The van der Waals surface area contributed by atoms with Crippen molar-refractivity contribution < 1.29 is 9.53 Å². The average molecular weight is 261 g/mol. The maximum Gasteiger partial charge on any atom is 0.228 e. The number of halogens is 1. The first-order chi connectivity index (χ1) is 8.66. The largest absolute Gasteiger partial charge is 0.457 e. The van der Waals surface area contributed by atoms with Gasteiger partial charge in [-0.3, -0.25) is 4.79 Å². The van der Waals surface area contributed by atoms with E-state index in [1.165, 1.54) is 0 Å². The fraction of sp³-hybridized carbons (Fsp3) is 0.133. The predicted molar refractivity (Wildman–Crippen MR) is 72.2 cm³/mol. The van der Waals surface area contributed by atoms with Gasteiger partial charge in [-0.05, 0) is 41.4 Å². The molecule has 2 aromatic carbocycles. The predicted octanol–water partition coefficient (Wildman–Crippen LogP) is 4.35. The third kappa shape index (κ3) is 3.11. The van der Waals surface area contributed by atoms with E-state index in [9.17, 15) is 4.79 Å². The first kappa shape index (κ1) is 12.7. The molecule has 0 aliphatic carbocycles. The lowest BCUT2D eigenvalue weighted by Gasteiger charge is -2.10. The molecule has 0 saturated heterocycles. The van der Waals surface area contributed by atoms with Gasteiger partial charge in [-0.25, -0.2) is 0 Å². The molecule has 0 fully saturated rings. The van der Waals surface area contributed by atoms with Gasteiger partial charge in [0.1, 0.15) is 11.5 Å². The Hall–Kier alpha value is -1.80. The molecular formula is C15H13ClO2. The molecule has 0 aromatic heterocycles. The van der Waals surface area contributed by atoms with Gasteiger partial charge in [0.2, 0.25) is 5.24 Å². The molecule has 0 heterocycles. The van der Waals surface area contributed by atoms with Crippen molar-refractivity contribution in [1.29, 1.82) is 0 Å². The van der Waals surface area contributed by atoms with Gasteiger partial charge >= 0.3 is 0 Å². The molecule has 0 spiro atoms. The van der Waals surface area contributed by atoms with E-state index in [4.69, 9.17) is 16.3 Å². The molecule has 0 bridgehead atoms. The quantitative estimate of drug-likeness (QED) is 0.764. The highest BCUT2D eigenvalue weighted by atomic mass is 35.5. The Balaban J connectivity index is 2.20. The number of hydrogen-bond donors (Lipinski definition) is 0. The molecule has 18 heavy (non-hydrogen) atoms. The summed E-state index contributed by atoms with van der Waals surface area (Å²) in [5.41, 5.74) is 0.850. The fourth-order valence-electron chi connectivity index (χ4n) is 1.60. The minimum Gasteiger partial charge on any atom is -0.457 e. The van der Waals surface area contributed by atoms with Crippen LogP contribution in [0.4, 0.5) is 0 Å². The van der Waals surface area contributed by atoms with Gasteiger partial charge in [-0.2, -0.15) is 0 Å². The third-order valence-electron chi connectivity index (χ3n) is 2.68. The van der Waals surface area contributed by atoms with Gasteiger partial charge in [0.05, 0.1) is 5.92 Å². The van der Waals surface area contributed by atoms with Crippen molar-refractivity contribution in [3.05, 3.63) is 60.2 Å². The number of benzene rings is 2. The lowest BCUT2D eigenvalue weighted by Crippen LogP contribution is -2.01. The van der Waals surface area contributed by atoms with Gasteiger partial charge in [0.25, 0.3) is 0 Å². The van der Waals surface area contributed by atoms with Crippen molar-refractivity contribution in [3.63, 3.8) is 0 Å². The van der Waals surface area contributed by atoms with Crippen LogP contribution >= 0.6 is 11.6 Å². The summed E-state index contributed by atoms with van der Waals surface area (Å²) in [6, 6.07) is 16.9. The minimum atomic E-state index is -0.369. The first-order valence-corrected chi connectivity index (χ1v) is 6.07. The van der Waals surface area contributed by atoms with Crippen molar-refractivity contribution in [2.24, 2.45) is 0 Å². The summed E-state index contributed by atoms with van der Waals surface area (Å²) in [6.07, 6.45) is 0. The molecular weight excluding hydrogens is 248 g/mol. The van der Waals surface area contributed by atoms with E-state index in [1.807, 2.05) is 54.6 Å². The summed E-state index contributed by atoms with van der Waals surface area (Å²) < 4.78 is 5.69. The van der Waals surface area contributed by atoms with Gasteiger partial charge < -0.3 is 4.74 Å². The van der Waals surface area contributed by atoms with Gasteiger partial charge in [0, 0.05) is 0 Å². The topological polar surface area (TPSA) is 26.3 Å². The molecule has 2 nitrogen and oxygen atoms in total. The van der Waals surface area contributed by atoms with E-state index in [2.05, 4.69) is 0 Å². The van der Waals surface area contributed by atoms with Gasteiger partial charge in [0.15, 0.2) is 0 Å². The lowest BCUT2D eigenvalue weighted by molar-refractivity contribution is -0.112. The Morgan fingerprint density at radius 1 is 1.06 bits per heavy atom. The number of hydrogen-bond acceptors (Lipinski definition) is 2. The zero-order chi connectivity index (χ0) is 13.0. The second-order valence-electron chi connectivity index (χ2n) is 4.01. The van der Waals surface area contributed by atoms with Crippen molar-refractivity contribution in [2.45, 2.75) is 12.8 Å². The van der Waals surface area contributed by atoms with E-state index in [0.29, 0.717) is 5.75 Å². The van der Waals surface area contributed by atoms with Crippen LogP contribution in [0.3, 0.4) is 0 Å². The number of carbonyl (C=O) groups excluding carboxylic acids is 1. The SMILES string of the molecule is C[C@@H](C(=O)Cl)c1cccc(Oc2ccccc2)c1.